The van der Waals surface area contributed by atoms with Gasteiger partial charge in [-0.2, -0.15) is 0 Å². The maximum atomic E-state index is 12.0. The monoisotopic (exact) mass is 398 g/mol. The summed E-state index contributed by atoms with van der Waals surface area (Å²) in [5, 5.41) is 13.4. The van der Waals surface area contributed by atoms with Crippen LogP contribution in [-0.4, -0.2) is 30.5 Å². The molecule has 0 heterocycles. The lowest BCUT2D eigenvalue weighted by atomic mass is 10.2. The van der Waals surface area contributed by atoms with Gasteiger partial charge in [0.15, 0.2) is 6.61 Å². The maximum absolute atomic E-state index is 12.0. The average Bonchev–Trinajstić information content (AvgIpc) is 2.59. The van der Waals surface area contributed by atoms with Crippen LogP contribution in [0.15, 0.2) is 36.4 Å². The van der Waals surface area contributed by atoms with Crippen LogP contribution in [0.3, 0.4) is 0 Å². The first kappa shape index (κ1) is 19.5. The lowest BCUT2D eigenvalue weighted by Gasteiger charge is -2.11. The first-order chi connectivity index (χ1) is 12.3. The number of ether oxygens (including phenoxy) is 2. The number of anilines is 1. The summed E-state index contributed by atoms with van der Waals surface area (Å²) < 4.78 is 9.96. The van der Waals surface area contributed by atoms with E-state index in [1.165, 1.54) is 13.2 Å². The van der Waals surface area contributed by atoms with Gasteiger partial charge in [-0.3, -0.25) is 14.9 Å². The molecule has 136 valence electrons. The molecular formula is C16H12Cl2N2O6. The summed E-state index contributed by atoms with van der Waals surface area (Å²) in [4.78, 5) is 33.9. The van der Waals surface area contributed by atoms with Crippen LogP contribution < -0.4 is 10.1 Å². The van der Waals surface area contributed by atoms with Crippen molar-refractivity contribution in [1.82, 2.24) is 0 Å². The van der Waals surface area contributed by atoms with Gasteiger partial charge < -0.3 is 14.8 Å². The molecule has 1 amide bonds. The van der Waals surface area contributed by atoms with Crippen molar-refractivity contribution >= 4 is 46.5 Å². The number of methoxy groups -OCH3 is 1. The molecule has 26 heavy (non-hydrogen) atoms. The zero-order valence-electron chi connectivity index (χ0n) is 13.3. The second-order valence-electron chi connectivity index (χ2n) is 4.89. The van der Waals surface area contributed by atoms with Crippen LogP contribution in [0.4, 0.5) is 11.4 Å². The largest absolute Gasteiger partial charge is 0.495 e. The van der Waals surface area contributed by atoms with Crippen LogP contribution in [-0.2, 0) is 9.53 Å². The molecule has 0 radical (unpaired) electrons. The van der Waals surface area contributed by atoms with Crippen molar-refractivity contribution in [3.8, 4) is 5.75 Å². The van der Waals surface area contributed by atoms with Crippen molar-refractivity contribution in [1.29, 1.82) is 0 Å². The number of esters is 1. The van der Waals surface area contributed by atoms with Crippen molar-refractivity contribution in [2.75, 3.05) is 19.0 Å². The molecule has 2 aromatic carbocycles. The minimum atomic E-state index is -0.891. The number of carbonyl (C=O) groups excluding carboxylic acids is 2. The molecule has 0 bridgehead atoms. The number of rotatable bonds is 6. The van der Waals surface area contributed by atoms with E-state index < -0.39 is 23.4 Å². The summed E-state index contributed by atoms with van der Waals surface area (Å²) in [5.74, 6) is -1.14. The number of nitro benzene ring substituents is 1. The molecule has 1 N–H and O–H groups in total. The summed E-state index contributed by atoms with van der Waals surface area (Å²) >= 11 is 11.7. The quantitative estimate of drug-likeness (QED) is 0.451. The van der Waals surface area contributed by atoms with Gasteiger partial charge in [0.2, 0.25) is 0 Å². The van der Waals surface area contributed by atoms with E-state index in [-0.39, 0.29) is 16.3 Å². The molecule has 0 unspecified atom stereocenters. The van der Waals surface area contributed by atoms with Gasteiger partial charge in [0.05, 0.1) is 28.3 Å². The third-order valence-electron chi connectivity index (χ3n) is 3.15. The number of hydrogen-bond donors (Lipinski definition) is 1. The van der Waals surface area contributed by atoms with Crippen molar-refractivity contribution in [3.63, 3.8) is 0 Å². The van der Waals surface area contributed by atoms with E-state index in [9.17, 15) is 19.7 Å². The van der Waals surface area contributed by atoms with Gasteiger partial charge in [-0.25, -0.2) is 4.79 Å². The molecule has 0 fully saturated rings. The van der Waals surface area contributed by atoms with E-state index >= 15 is 0 Å². The predicted octanol–water partition coefficient (Wildman–Crippen LogP) is 3.71. The Balaban J connectivity index is 2.00. The van der Waals surface area contributed by atoms with Crippen LogP contribution >= 0.6 is 23.2 Å². The Labute approximate surface area is 157 Å². The van der Waals surface area contributed by atoms with E-state index in [0.29, 0.717) is 16.5 Å². The number of nitrogens with zero attached hydrogens (tertiary/aromatic N) is 1. The number of halogens is 2. The third-order valence-corrected chi connectivity index (χ3v) is 3.70. The van der Waals surface area contributed by atoms with Crippen LogP contribution in [0.1, 0.15) is 10.4 Å². The molecule has 0 atom stereocenters. The Morgan fingerprint density at radius 2 is 1.92 bits per heavy atom. The van der Waals surface area contributed by atoms with Crippen LogP contribution in [0.5, 0.6) is 5.75 Å². The van der Waals surface area contributed by atoms with Crippen LogP contribution in [0.25, 0.3) is 0 Å². The van der Waals surface area contributed by atoms with Gasteiger partial charge in [-0.1, -0.05) is 23.2 Å². The van der Waals surface area contributed by atoms with Gasteiger partial charge in [-0.05, 0) is 24.3 Å². The smallest absolute Gasteiger partial charge is 0.340 e. The molecule has 8 nitrogen and oxygen atoms in total. The zero-order valence-corrected chi connectivity index (χ0v) is 14.8. The highest BCUT2D eigenvalue weighted by atomic mass is 35.5. The van der Waals surface area contributed by atoms with Crippen molar-refractivity contribution in [3.05, 3.63) is 62.1 Å². The first-order valence-corrected chi connectivity index (χ1v) is 7.82. The number of nitrogens with one attached hydrogen (secondary N) is 1. The van der Waals surface area contributed by atoms with E-state index in [1.54, 1.807) is 12.1 Å². The van der Waals surface area contributed by atoms with Gasteiger partial charge in [0, 0.05) is 17.2 Å². The highest BCUT2D eigenvalue weighted by molar-refractivity contribution is 6.33. The standard InChI is InChI=1S/C16H12Cl2N2O6/c1-25-14-5-2-9(17)6-13(14)19-15(21)8-26-16(22)11-4-3-10(20(23)24)7-12(11)18/h2-7H,8H2,1H3,(H,19,21). The first-order valence-electron chi connectivity index (χ1n) is 7.06. The fraction of sp³-hybridized carbons (Fsp3) is 0.125. The highest BCUT2D eigenvalue weighted by Gasteiger charge is 2.17. The number of benzene rings is 2. The summed E-state index contributed by atoms with van der Waals surface area (Å²) in [6, 6.07) is 7.93. The second-order valence-corrected chi connectivity index (χ2v) is 5.73. The molecule has 0 aliphatic carbocycles. The Morgan fingerprint density at radius 1 is 1.19 bits per heavy atom. The molecule has 0 aliphatic rings. The molecule has 0 saturated heterocycles. The molecular weight excluding hydrogens is 387 g/mol. The molecule has 2 rings (SSSR count). The minimum Gasteiger partial charge on any atom is -0.495 e. The normalized spacial score (nSPS) is 10.1. The van der Waals surface area contributed by atoms with Gasteiger partial charge >= 0.3 is 5.97 Å². The van der Waals surface area contributed by atoms with Crippen molar-refractivity contribution < 1.29 is 24.0 Å². The predicted molar refractivity (Wildman–Crippen MR) is 95.0 cm³/mol. The maximum Gasteiger partial charge on any atom is 0.340 e. The van der Waals surface area contributed by atoms with Crippen molar-refractivity contribution in [2.24, 2.45) is 0 Å². The Bertz CT molecular complexity index is 872. The Hall–Kier alpha value is -2.84. The van der Waals surface area contributed by atoms with Gasteiger partial charge in [0.25, 0.3) is 11.6 Å². The lowest BCUT2D eigenvalue weighted by molar-refractivity contribution is -0.384. The highest BCUT2D eigenvalue weighted by Crippen LogP contribution is 2.27. The Kier molecular flexibility index (Phi) is 6.37. The van der Waals surface area contributed by atoms with Crippen molar-refractivity contribution in [2.45, 2.75) is 0 Å². The molecule has 2 aromatic rings. The SMILES string of the molecule is COc1ccc(Cl)cc1NC(=O)COC(=O)c1ccc([N+](=O)[O-])cc1Cl. The van der Waals surface area contributed by atoms with Crippen LogP contribution in [0, 0.1) is 10.1 Å². The number of amides is 1. The molecule has 0 saturated carbocycles. The topological polar surface area (TPSA) is 108 Å². The number of hydrogen-bond acceptors (Lipinski definition) is 6. The lowest BCUT2D eigenvalue weighted by Crippen LogP contribution is -2.21. The average molecular weight is 399 g/mol. The molecule has 0 aliphatic heterocycles. The molecule has 0 aromatic heterocycles. The summed E-state index contributed by atoms with van der Waals surface area (Å²) in [5.41, 5.74) is -0.0443. The van der Waals surface area contributed by atoms with E-state index in [0.717, 1.165) is 18.2 Å². The van der Waals surface area contributed by atoms with Gasteiger partial charge in [-0.15, -0.1) is 0 Å². The zero-order chi connectivity index (χ0) is 19.3. The minimum absolute atomic E-state index is 0.0922. The molecule has 10 heteroatoms. The van der Waals surface area contributed by atoms with E-state index in [1.807, 2.05) is 0 Å². The fourth-order valence-corrected chi connectivity index (χ4v) is 2.38. The number of carbonyl (C=O) groups is 2. The van der Waals surface area contributed by atoms with E-state index in [2.05, 4.69) is 5.32 Å². The molecule has 0 spiro atoms. The van der Waals surface area contributed by atoms with Crippen LogP contribution in [0.2, 0.25) is 10.0 Å². The Morgan fingerprint density at radius 3 is 2.54 bits per heavy atom. The summed E-state index contributed by atoms with van der Waals surface area (Å²) in [6.07, 6.45) is 0. The third kappa shape index (κ3) is 4.84. The number of non-ortho nitro benzene ring substituents is 1. The fourth-order valence-electron chi connectivity index (χ4n) is 1.96. The summed E-state index contributed by atoms with van der Waals surface area (Å²) in [7, 11) is 1.43. The van der Waals surface area contributed by atoms with Gasteiger partial charge in [0.1, 0.15) is 5.75 Å². The summed E-state index contributed by atoms with van der Waals surface area (Å²) in [6.45, 7) is -0.595. The second kappa shape index (κ2) is 8.50. The number of nitro groups is 1. The van der Waals surface area contributed by atoms with E-state index in [4.69, 9.17) is 32.7 Å².